The topological polar surface area (TPSA) is 243 Å². The minimum atomic E-state index is -0.533. The third-order valence-electron chi connectivity index (χ3n) is 17.0. The van der Waals surface area contributed by atoms with Gasteiger partial charge in [0, 0.05) is 157 Å². The van der Waals surface area contributed by atoms with Gasteiger partial charge in [0.15, 0.2) is 0 Å². The number of piperazine rings is 3. The Kier molecular flexibility index (Phi) is 33.6. The number of aromatic hydroxyl groups is 6. The number of thioether (sulfide) groups is 6. The smallest absolute Gasteiger partial charge is 0.229 e. The van der Waals surface area contributed by atoms with Gasteiger partial charge in [-0.1, -0.05) is 40.5 Å². The maximum atomic E-state index is 13.2. The number of rotatable bonds is 30. The van der Waals surface area contributed by atoms with Crippen LogP contribution in [0.15, 0.2) is 175 Å². The number of carbonyl (C=O) groups is 6. The summed E-state index contributed by atoms with van der Waals surface area (Å²) in [7, 11) is 0. The highest BCUT2D eigenvalue weighted by Gasteiger charge is 2.38. The molecule has 0 aromatic heterocycles. The van der Waals surface area contributed by atoms with Crippen LogP contribution in [0.3, 0.4) is 0 Å². The summed E-state index contributed by atoms with van der Waals surface area (Å²) in [5.74, 6) is 7.06. The SMILES string of the molecule is CC(C)(CSc1ccc(O)cc1)C(=O)N1CCN(C(=O)C(C)(C)CSc2ccc(O)cc2)CC1.O=C(CCCCCSc1ccc(O)cc1)N1CCN(C(=O)CCCCCSc2ccc(O)cc2)CC1.O=C(CCSc1ccc(O)cc1)N1CCN(C(=O)CCSc2ccc(O)cc2)CC1. The maximum absolute atomic E-state index is 13.2. The molecule has 3 heterocycles. The predicted molar refractivity (Wildman–Crippen MR) is 406 cm³/mol. The first-order valence-corrected chi connectivity index (χ1v) is 40.1. The highest BCUT2D eigenvalue weighted by molar-refractivity contribution is 8.00. The predicted octanol–water partition coefficient (Wildman–Crippen LogP) is 13.9. The molecule has 0 atom stereocenters. The van der Waals surface area contributed by atoms with Gasteiger partial charge in [0.25, 0.3) is 0 Å². The van der Waals surface area contributed by atoms with Crippen LogP contribution in [0.1, 0.15) is 91.9 Å². The van der Waals surface area contributed by atoms with E-state index in [1.807, 2.05) is 130 Å². The zero-order chi connectivity index (χ0) is 71.9. The Morgan fingerprint density at radius 3 is 0.710 bits per heavy atom. The Morgan fingerprint density at radius 1 is 0.270 bits per heavy atom. The number of phenolic OH excluding ortho intramolecular Hbond substituents is 6. The zero-order valence-corrected chi connectivity index (χ0v) is 62.8. The van der Waals surface area contributed by atoms with Crippen LogP contribution in [0.5, 0.6) is 34.5 Å². The van der Waals surface area contributed by atoms with Gasteiger partial charge in [0.05, 0.1) is 10.8 Å². The fourth-order valence-corrected chi connectivity index (χ4v) is 16.4. The monoisotopic (exact) mass is 1480 g/mol. The molecule has 6 aromatic rings. The van der Waals surface area contributed by atoms with Crippen molar-refractivity contribution >= 4 is 106 Å². The molecule has 6 amide bonds. The average Bonchev–Trinajstić information content (AvgIpc) is 0.832. The molecule has 0 bridgehead atoms. The summed E-state index contributed by atoms with van der Waals surface area (Å²) in [6, 6.07) is 42.5. The first kappa shape index (κ1) is 80.4. The molecule has 24 heteroatoms. The molecule has 540 valence electrons. The van der Waals surface area contributed by atoms with Crippen LogP contribution >= 0.6 is 70.6 Å². The molecule has 0 spiro atoms. The number of carbonyl (C=O) groups excluding carboxylic acids is 6. The van der Waals surface area contributed by atoms with Crippen LogP contribution in [0, 0.1) is 10.8 Å². The van der Waals surface area contributed by atoms with Gasteiger partial charge >= 0.3 is 0 Å². The van der Waals surface area contributed by atoms with Crippen molar-refractivity contribution in [2.45, 2.75) is 121 Å². The van der Waals surface area contributed by atoms with E-state index in [0.29, 0.717) is 127 Å². The molecule has 0 saturated carbocycles. The minimum absolute atomic E-state index is 0.105. The number of amides is 6. The molecule has 9 rings (SSSR count). The molecule has 0 radical (unpaired) electrons. The van der Waals surface area contributed by atoms with E-state index in [-0.39, 0.29) is 69.9 Å². The lowest BCUT2D eigenvalue weighted by Gasteiger charge is -2.41. The van der Waals surface area contributed by atoms with Crippen molar-refractivity contribution in [3.8, 4) is 34.5 Å². The number of hydrogen-bond acceptors (Lipinski definition) is 18. The van der Waals surface area contributed by atoms with Gasteiger partial charge in [-0.25, -0.2) is 0 Å². The summed E-state index contributed by atoms with van der Waals surface area (Å²) in [5, 5.41) is 56.1. The number of phenols is 6. The van der Waals surface area contributed by atoms with E-state index in [4.69, 9.17) is 0 Å². The first-order valence-electron chi connectivity index (χ1n) is 34.2. The molecule has 0 aliphatic carbocycles. The van der Waals surface area contributed by atoms with Gasteiger partial charge in [-0.15, -0.1) is 70.6 Å². The second-order valence-electron chi connectivity index (χ2n) is 25.9. The van der Waals surface area contributed by atoms with Crippen molar-refractivity contribution in [1.82, 2.24) is 29.4 Å². The van der Waals surface area contributed by atoms with Crippen LogP contribution < -0.4 is 0 Å². The van der Waals surface area contributed by atoms with Gasteiger partial charge in [0.2, 0.25) is 35.4 Å². The second-order valence-corrected chi connectivity index (χ2v) is 32.7. The molecule has 0 unspecified atom stereocenters. The molecule has 3 aliphatic heterocycles. The molecular formula is C76H98N6O12S6. The van der Waals surface area contributed by atoms with E-state index < -0.39 is 10.8 Å². The van der Waals surface area contributed by atoms with Gasteiger partial charge in [-0.05, 0) is 183 Å². The van der Waals surface area contributed by atoms with Crippen LogP contribution in [-0.2, 0) is 28.8 Å². The van der Waals surface area contributed by atoms with Crippen molar-refractivity contribution in [2.75, 3.05) is 113 Å². The van der Waals surface area contributed by atoms with E-state index >= 15 is 0 Å². The van der Waals surface area contributed by atoms with Crippen molar-refractivity contribution in [2.24, 2.45) is 10.8 Å². The molecule has 6 N–H and O–H groups in total. The molecule has 100 heavy (non-hydrogen) atoms. The Morgan fingerprint density at radius 2 is 0.470 bits per heavy atom. The number of nitrogens with zero attached hydrogens (tertiary/aromatic N) is 6. The number of hydrogen-bond donors (Lipinski definition) is 6. The van der Waals surface area contributed by atoms with Crippen molar-refractivity contribution in [3.05, 3.63) is 146 Å². The lowest BCUT2D eigenvalue weighted by molar-refractivity contribution is -0.147. The Hall–Kier alpha value is -6.96. The Balaban J connectivity index is 0.000000212. The summed E-state index contributed by atoms with van der Waals surface area (Å²) in [4.78, 5) is 94.0. The molecule has 18 nitrogen and oxygen atoms in total. The van der Waals surface area contributed by atoms with E-state index in [9.17, 15) is 59.4 Å². The lowest BCUT2D eigenvalue weighted by Crippen LogP contribution is -2.56. The van der Waals surface area contributed by atoms with Crippen LogP contribution in [-0.4, -0.2) is 209 Å². The van der Waals surface area contributed by atoms with Gasteiger partial charge in [-0.2, -0.15) is 0 Å². The van der Waals surface area contributed by atoms with Gasteiger partial charge in [-0.3, -0.25) is 28.8 Å². The van der Waals surface area contributed by atoms with Crippen molar-refractivity contribution in [3.63, 3.8) is 0 Å². The first-order chi connectivity index (χ1) is 48.0. The van der Waals surface area contributed by atoms with E-state index in [1.165, 1.54) is 0 Å². The normalized spacial score (nSPS) is 14.2. The van der Waals surface area contributed by atoms with Crippen LogP contribution in [0.4, 0.5) is 0 Å². The summed E-state index contributed by atoms with van der Waals surface area (Å²) in [5.41, 5.74) is -1.07. The second kappa shape index (κ2) is 41.8. The highest BCUT2D eigenvalue weighted by atomic mass is 32.2. The zero-order valence-electron chi connectivity index (χ0n) is 57.9. The fourth-order valence-electron chi connectivity index (χ4n) is 10.9. The number of unbranched alkanes of at least 4 members (excludes halogenated alkanes) is 4. The van der Waals surface area contributed by atoms with Crippen LogP contribution in [0.25, 0.3) is 0 Å². The molecule has 6 aromatic carbocycles. The summed E-state index contributed by atoms with van der Waals surface area (Å²) in [6.45, 7) is 14.9. The Labute approximate surface area is 615 Å². The molecule has 3 aliphatic rings. The lowest BCUT2D eigenvalue weighted by atomic mass is 9.92. The average molecular weight is 1480 g/mol. The van der Waals surface area contributed by atoms with Gasteiger partial charge in [0.1, 0.15) is 34.5 Å². The van der Waals surface area contributed by atoms with E-state index in [1.54, 1.807) is 143 Å². The standard InChI is InChI=1S/C28H38N2O4S2.C26H34N2O4S2.C22H26N2O4S2/c31-23-9-13-25(14-10-23)35-21-5-1-3-7-27(33)29-17-19-30(20-18-29)28(34)8-4-2-6-22-36-26-15-11-24(32)12-16-26;1-25(2,17-33-21-9-5-19(29)6-10-21)23(31)27-13-15-28(16-14-27)24(32)26(3,4)18-34-22-11-7-20(30)8-12-22;25-17-1-5-19(6-2-17)29-15-9-21(27)23-11-13-24(14-12-23)22(28)10-16-30-20-7-3-18(26)4-8-20/h9-16,31-32H,1-8,17-22H2;5-12,29-30H,13-18H2,1-4H3;1-8,25-26H,9-16H2. The Bertz CT molecular complexity index is 3250. The minimum Gasteiger partial charge on any atom is -0.508 e. The quantitative estimate of drug-likeness (QED) is 0.0181. The molecule has 3 fully saturated rings. The largest absolute Gasteiger partial charge is 0.508 e. The maximum Gasteiger partial charge on any atom is 0.229 e. The third-order valence-corrected chi connectivity index (χ3v) is 24.1. The van der Waals surface area contributed by atoms with Crippen molar-refractivity contribution in [1.29, 1.82) is 0 Å². The van der Waals surface area contributed by atoms with Gasteiger partial charge < -0.3 is 60.0 Å². The van der Waals surface area contributed by atoms with E-state index in [0.717, 1.165) is 79.4 Å². The third kappa shape index (κ3) is 28.5. The fraction of sp³-hybridized carbons (Fsp3) is 0.447. The van der Waals surface area contributed by atoms with Crippen LogP contribution in [0.2, 0.25) is 0 Å². The highest BCUT2D eigenvalue weighted by Crippen LogP contribution is 2.34. The number of benzene rings is 6. The summed E-state index contributed by atoms with van der Waals surface area (Å²) < 4.78 is 0. The van der Waals surface area contributed by atoms with Crippen molar-refractivity contribution < 1.29 is 59.4 Å². The molecular weight excluding hydrogens is 1380 g/mol. The summed E-state index contributed by atoms with van der Waals surface area (Å²) >= 11 is 9.95. The molecule has 3 saturated heterocycles. The van der Waals surface area contributed by atoms with E-state index in [2.05, 4.69) is 0 Å². The summed E-state index contributed by atoms with van der Waals surface area (Å²) in [6.07, 6.45) is 8.09.